The van der Waals surface area contributed by atoms with Gasteiger partial charge < -0.3 is 19.1 Å². The minimum atomic E-state index is -0.655. The van der Waals surface area contributed by atoms with E-state index >= 15 is 0 Å². The van der Waals surface area contributed by atoms with E-state index in [4.69, 9.17) is 14.2 Å². The van der Waals surface area contributed by atoms with Gasteiger partial charge in [-0.25, -0.2) is 9.59 Å². The maximum atomic E-state index is 12.6. The zero-order valence-electron chi connectivity index (χ0n) is 16.2. The molecule has 2 aliphatic rings. The van der Waals surface area contributed by atoms with Gasteiger partial charge in [0.2, 0.25) is 0 Å². The van der Waals surface area contributed by atoms with Crippen molar-refractivity contribution in [3.8, 4) is 5.75 Å². The van der Waals surface area contributed by atoms with Gasteiger partial charge in [0.05, 0.1) is 24.7 Å². The van der Waals surface area contributed by atoms with Gasteiger partial charge in [-0.2, -0.15) is 0 Å². The molecule has 0 bridgehead atoms. The van der Waals surface area contributed by atoms with Crippen LogP contribution in [0.1, 0.15) is 60.7 Å². The molecule has 0 N–H and O–H groups in total. The molecule has 2 heterocycles. The smallest absolute Gasteiger partial charge is 0.410 e. The number of carbonyl (C=O) groups is 3. The molecule has 2 aliphatic heterocycles. The number of ether oxygens (including phenoxy) is 3. The first-order valence-corrected chi connectivity index (χ1v) is 9.05. The second-order valence-electron chi connectivity index (χ2n) is 8.05. The number of amides is 1. The third kappa shape index (κ3) is 4.07. The van der Waals surface area contributed by atoms with Crippen molar-refractivity contribution in [2.75, 3.05) is 20.2 Å². The summed E-state index contributed by atoms with van der Waals surface area (Å²) >= 11 is 0. The van der Waals surface area contributed by atoms with E-state index in [1.165, 1.54) is 7.11 Å². The van der Waals surface area contributed by atoms with Crippen molar-refractivity contribution in [3.63, 3.8) is 0 Å². The fraction of sp³-hybridized carbons (Fsp3) is 0.550. The lowest BCUT2D eigenvalue weighted by Gasteiger charge is -2.44. The minimum absolute atomic E-state index is 0.0154. The number of ketones is 1. The predicted molar refractivity (Wildman–Crippen MR) is 97.1 cm³/mol. The van der Waals surface area contributed by atoms with Crippen molar-refractivity contribution in [2.24, 2.45) is 0 Å². The summed E-state index contributed by atoms with van der Waals surface area (Å²) in [5.41, 5.74) is -0.389. The standard InChI is InChI=1S/C20H25NO6/c1-19(2,3)27-18(24)21-9-7-20(8-10-21)12-15(22)14-6-5-13(17(23)25-4)11-16(14)26-20/h5-6,11H,7-10,12H2,1-4H3. The number of likely N-dealkylation sites (tertiary alicyclic amines) is 1. The zero-order valence-corrected chi connectivity index (χ0v) is 16.2. The van der Waals surface area contributed by atoms with Crippen molar-refractivity contribution in [2.45, 2.75) is 51.2 Å². The van der Waals surface area contributed by atoms with Crippen LogP contribution in [0.25, 0.3) is 0 Å². The molecular formula is C20H25NO6. The lowest BCUT2D eigenvalue weighted by atomic mass is 9.82. The first-order valence-electron chi connectivity index (χ1n) is 9.05. The summed E-state index contributed by atoms with van der Waals surface area (Å²) in [6, 6.07) is 4.72. The van der Waals surface area contributed by atoms with Gasteiger partial charge in [-0.1, -0.05) is 0 Å². The molecule has 0 unspecified atom stereocenters. The average Bonchev–Trinajstić information content (AvgIpc) is 2.59. The van der Waals surface area contributed by atoms with Gasteiger partial charge in [0.25, 0.3) is 0 Å². The van der Waals surface area contributed by atoms with E-state index in [9.17, 15) is 14.4 Å². The van der Waals surface area contributed by atoms with Gasteiger partial charge in [0.15, 0.2) is 5.78 Å². The second kappa shape index (κ2) is 6.87. The molecular weight excluding hydrogens is 350 g/mol. The normalized spacial score (nSPS) is 18.5. The Hall–Kier alpha value is -2.57. The third-order valence-corrected chi connectivity index (χ3v) is 4.84. The molecule has 0 atom stereocenters. The Morgan fingerprint density at radius 1 is 1.19 bits per heavy atom. The first kappa shape index (κ1) is 19.2. The number of hydrogen-bond donors (Lipinski definition) is 0. The Kier molecular flexibility index (Phi) is 4.88. The van der Waals surface area contributed by atoms with Crippen LogP contribution in [0.3, 0.4) is 0 Å². The van der Waals surface area contributed by atoms with Crippen LogP contribution >= 0.6 is 0 Å². The van der Waals surface area contributed by atoms with Gasteiger partial charge in [-0.05, 0) is 39.0 Å². The Bertz CT molecular complexity index is 771. The van der Waals surface area contributed by atoms with Crippen LogP contribution in [-0.2, 0) is 9.47 Å². The van der Waals surface area contributed by atoms with Crippen molar-refractivity contribution < 1.29 is 28.6 Å². The van der Waals surface area contributed by atoms with Crippen molar-refractivity contribution >= 4 is 17.8 Å². The molecule has 1 fully saturated rings. The number of carbonyl (C=O) groups excluding carboxylic acids is 3. The van der Waals surface area contributed by atoms with Crippen molar-refractivity contribution in [1.29, 1.82) is 0 Å². The fourth-order valence-electron chi connectivity index (χ4n) is 3.44. The molecule has 0 aliphatic carbocycles. The molecule has 1 aromatic carbocycles. The molecule has 1 aromatic rings. The highest BCUT2D eigenvalue weighted by molar-refractivity contribution is 6.02. The van der Waals surface area contributed by atoms with Crippen LogP contribution in [0.2, 0.25) is 0 Å². The second-order valence-corrected chi connectivity index (χ2v) is 8.05. The number of rotatable bonds is 1. The van der Waals surface area contributed by atoms with E-state index in [0.717, 1.165) is 0 Å². The molecule has 146 valence electrons. The maximum absolute atomic E-state index is 12.6. The largest absolute Gasteiger partial charge is 0.486 e. The maximum Gasteiger partial charge on any atom is 0.410 e. The van der Waals surface area contributed by atoms with Crippen molar-refractivity contribution in [1.82, 2.24) is 4.90 Å². The van der Waals surface area contributed by atoms with Gasteiger partial charge >= 0.3 is 12.1 Å². The molecule has 0 radical (unpaired) electrons. The number of methoxy groups -OCH3 is 1. The lowest BCUT2D eigenvalue weighted by molar-refractivity contribution is -0.0227. The van der Waals surface area contributed by atoms with E-state index in [2.05, 4.69) is 0 Å². The Labute approximate surface area is 158 Å². The summed E-state index contributed by atoms with van der Waals surface area (Å²) < 4.78 is 16.3. The van der Waals surface area contributed by atoms with Crippen LogP contribution in [0.4, 0.5) is 4.79 Å². The molecule has 1 saturated heterocycles. The summed E-state index contributed by atoms with van der Waals surface area (Å²) in [7, 11) is 1.31. The Morgan fingerprint density at radius 3 is 2.44 bits per heavy atom. The summed E-state index contributed by atoms with van der Waals surface area (Å²) in [5.74, 6) is -0.0912. The van der Waals surface area contributed by atoms with Crippen LogP contribution in [0.15, 0.2) is 18.2 Å². The van der Waals surface area contributed by atoms with Crippen LogP contribution in [-0.4, -0.2) is 54.1 Å². The monoisotopic (exact) mass is 375 g/mol. The van der Waals surface area contributed by atoms with Crippen molar-refractivity contribution in [3.05, 3.63) is 29.3 Å². The van der Waals surface area contributed by atoms with E-state index in [1.54, 1.807) is 23.1 Å². The molecule has 1 amide bonds. The summed E-state index contributed by atoms with van der Waals surface area (Å²) in [6.07, 6.45) is 0.965. The molecule has 7 nitrogen and oxygen atoms in total. The van der Waals surface area contributed by atoms with Gasteiger partial charge in [-0.3, -0.25) is 4.79 Å². The van der Waals surface area contributed by atoms with Crippen LogP contribution < -0.4 is 4.74 Å². The summed E-state index contributed by atoms with van der Waals surface area (Å²) in [5, 5.41) is 0. The quantitative estimate of drug-likeness (QED) is 0.701. The number of nitrogens with zero attached hydrogens (tertiary/aromatic N) is 1. The van der Waals surface area contributed by atoms with Gasteiger partial charge in [-0.15, -0.1) is 0 Å². The minimum Gasteiger partial charge on any atom is -0.486 e. The highest BCUT2D eigenvalue weighted by atomic mass is 16.6. The molecule has 0 saturated carbocycles. The average molecular weight is 375 g/mol. The van der Waals surface area contributed by atoms with Gasteiger partial charge in [0.1, 0.15) is 17.0 Å². The molecule has 3 rings (SSSR count). The topological polar surface area (TPSA) is 82.1 Å². The molecule has 27 heavy (non-hydrogen) atoms. The molecule has 0 aromatic heterocycles. The SMILES string of the molecule is COC(=O)c1ccc2c(c1)OC1(CCN(C(=O)OC(C)(C)C)CC1)CC2=O. The Balaban J connectivity index is 1.74. The Morgan fingerprint density at radius 2 is 1.85 bits per heavy atom. The highest BCUT2D eigenvalue weighted by Crippen LogP contribution is 2.40. The molecule has 1 spiro atoms. The third-order valence-electron chi connectivity index (χ3n) is 4.84. The lowest BCUT2D eigenvalue weighted by Crippen LogP contribution is -2.53. The fourth-order valence-corrected chi connectivity index (χ4v) is 3.44. The van der Waals surface area contributed by atoms with Crippen LogP contribution in [0.5, 0.6) is 5.75 Å². The molecule has 7 heteroatoms. The number of benzene rings is 1. The van der Waals surface area contributed by atoms with E-state index in [0.29, 0.717) is 42.8 Å². The summed E-state index contributed by atoms with van der Waals surface area (Å²) in [6.45, 7) is 6.39. The van der Waals surface area contributed by atoms with E-state index in [1.807, 2.05) is 20.8 Å². The number of esters is 1. The number of piperidine rings is 1. The number of hydrogen-bond acceptors (Lipinski definition) is 6. The van der Waals surface area contributed by atoms with E-state index < -0.39 is 17.2 Å². The number of fused-ring (bicyclic) bond motifs is 1. The first-order chi connectivity index (χ1) is 12.6. The van der Waals surface area contributed by atoms with E-state index in [-0.39, 0.29) is 18.3 Å². The summed E-state index contributed by atoms with van der Waals surface area (Å²) in [4.78, 5) is 38.3. The highest BCUT2D eigenvalue weighted by Gasteiger charge is 2.44. The number of Topliss-reactive ketones (excluding diaryl/α,β-unsaturated/α-hetero) is 1. The zero-order chi connectivity index (χ0) is 19.8. The van der Waals surface area contributed by atoms with Gasteiger partial charge in [0, 0.05) is 25.9 Å². The van der Waals surface area contributed by atoms with Crippen LogP contribution in [0, 0.1) is 0 Å². The predicted octanol–water partition coefficient (Wildman–Crippen LogP) is 3.21.